The Morgan fingerprint density at radius 3 is 1.80 bits per heavy atom. The van der Waals surface area contributed by atoms with Crippen LogP contribution in [0.3, 0.4) is 0 Å². The highest BCUT2D eigenvalue weighted by Gasteiger charge is 1.57. The molecule has 0 aromatic rings. The molecule has 0 unspecified atom stereocenters. The van der Waals surface area contributed by atoms with Gasteiger partial charge >= 0.3 is 0 Å². The van der Waals surface area contributed by atoms with Gasteiger partial charge in [0.25, 0.3) is 0 Å². The Kier molecular flexibility index (Phi) is 15.9. The van der Waals surface area contributed by atoms with Crippen LogP contribution in [-0.2, 0) is 0 Å². The summed E-state index contributed by atoms with van der Waals surface area (Å²) in [6.45, 7) is 3.64. The van der Waals surface area contributed by atoms with Crippen molar-refractivity contribution in [2.75, 3.05) is 0 Å². The predicted octanol–water partition coefficient (Wildman–Crippen LogP) is -0.830. The minimum atomic E-state index is 0. The summed E-state index contributed by atoms with van der Waals surface area (Å²) in [5, 5.41) is 0. The molecule has 0 saturated heterocycles. The molecule has 0 aromatic heterocycles. The van der Waals surface area contributed by atoms with E-state index in [0.717, 1.165) is 6.42 Å². The maximum atomic E-state index is 3.64. The van der Waals surface area contributed by atoms with E-state index in [1.807, 2.05) is 0 Å². The van der Waals surface area contributed by atoms with E-state index in [0.29, 0.717) is 0 Å². The molecule has 0 atom stereocenters. The van der Waals surface area contributed by atoms with Crippen LogP contribution in [0, 0.1) is 6.92 Å². The van der Waals surface area contributed by atoms with Gasteiger partial charge in [0, 0.05) is 10.2 Å². The Hall–Kier alpha value is 0.177. The van der Waals surface area contributed by atoms with Gasteiger partial charge in [-0.15, -0.1) is 0 Å². The normalized spacial score (nSPS) is 6.60. The van der Waals surface area contributed by atoms with E-state index in [2.05, 4.69) is 6.92 Å². The zero-order valence-corrected chi connectivity index (χ0v) is 5.62. The second-order valence-electron chi connectivity index (χ2n) is 0.854. The van der Waals surface area contributed by atoms with Gasteiger partial charge in [-0.25, -0.2) is 0 Å². The molecule has 2 N–H and O–H groups in total. The van der Waals surface area contributed by atoms with Crippen LogP contribution in [0.2, 0.25) is 6.04 Å². The molecule has 33 valence electrons. The van der Waals surface area contributed by atoms with Crippen molar-refractivity contribution in [1.29, 1.82) is 0 Å². The quantitative estimate of drug-likeness (QED) is 0.377. The fraction of sp³-hybridized carbons (Fsp3) is 0.667. The zero-order valence-electron chi connectivity index (χ0n) is 3.62. The highest BCUT2D eigenvalue weighted by molar-refractivity contribution is 6.08. The Morgan fingerprint density at radius 1 is 1.60 bits per heavy atom. The lowest BCUT2D eigenvalue weighted by Gasteiger charge is -1.67. The van der Waals surface area contributed by atoms with Crippen molar-refractivity contribution in [1.82, 2.24) is 0 Å². The first kappa shape index (κ1) is 8.95. The second kappa shape index (κ2) is 8.90. The van der Waals surface area contributed by atoms with Gasteiger partial charge in [-0.05, 0) is 0 Å². The van der Waals surface area contributed by atoms with Crippen molar-refractivity contribution >= 4 is 10.2 Å². The molecule has 0 aliphatic rings. The van der Waals surface area contributed by atoms with Crippen LogP contribution in [0.25, 0.3) is 0 Å². The SMILES string of the molecule is O.[CH2]CC[SiH3]. The predicted molar refractivity (Wildman–Crippen MR) is 28.3 cm³/mol. The maximum Gasteiger partial charge on any atom is 0.00279 e. The Balaban J connectivity index is 0. The fourth-order valence-electron chi connectivity index (χ4n) is 0. The van der Waals surface area contributed by atoms with Crippen LogP contribution in [0.15, 0.2) is 0 Å². The molecule has 0 bridgehead atoms. The third kappa shape index (κ3) is 14.3. The Labute approximate surface area is 36.1 Å². The molecule has 0 aliphatic heterocycles. The van der Waals surface area contributed by atoms with Crippen LogP contribution in [0.1, 0.15) is 6.42 Å². The average molecular weight is 91.2 g/mol. The summed E-state index contributed by atoms with van der Waals surface area (Å²) in [6.07, 6.45) is 1.13. The molecule has 2 heteroatoms. The molecule has 0 aliphatic carbocycles. The molecular formula is C3H11OSi. The Morgan fingerprint density at radius 2 is 1.80 bits per heavy atom. The summed E-state index contributed by atoms with van der Waals surface area (Å²) < 4.78 is 0. The summed E-state index contributed by atoms with van der Waals surface area (Å²) in [7, 11) is 1.33. The molecule has 0 heterocycles. The second-order valence-corrected chi connectivity index (χ2v) is 1.85. The van der Waals surface area contributed by atoms with Gasteiger partial charge in [0.05, 0.1) is 0 Å². The van der Waals surface area contributed by atoms with Crippen LogP contribution < -0.4 is 0 Å². The third-order valence-electron chi connectivity index (χ3n) is 0.354. The first-order chi connectivity index (χ1) is 1.91. The molecule has 0 amide bonds. The van der Waals surface area contributed by atoms with Crippen molar-refractivity contribution in [2.45, 2.75) is 12.5 Å². The largest absolute Gasteiger partial charge is 0.412 e. The van der Waals surface area contributed by atoms with Gasteiger partial charge in [-0.1, -0.05) is 19.4 Å². The molecule has 1 radical (unpaired) electrons. The summed E-state index contributed by atoms with van der Waals surface area (Å²) >= 11 is 0. The van der Waals surface area contributed by atoms with Crippen molar-refractivity contribution in [2.24, 2.45) is 0 Å². The van der Waals surface area contributed by atoms with Crippen LogP contribution >= 0.6 is 0 Å². The summed E-state index contributed by atoms with van der Waals surface area (Å²) in [5.74, 6) is 0. The Bertz CT molecular complexity index is 8.85. The first-order valence-corrected chi connectivity index (χ1v) is 3.12. The van der Waals surface area contributed by atoms with E-state index in [-0.39, 0.29) is 5.48 Å². The van der Waals surface area contributed by atoms with Crippen molar-refractivity contribution in [3.63, 3.8) is 0 Å². The van der Waals surface area contributed by atoms with Gasteiger partial charge in [-0.2, -0.15) is 0 Å². The minimum absolute atomic E-state index is 0. The molecule has 5 heavy (non-hydrogen) atoms. The number of hydrogen-bond donors (Lipinski definition) is 0. The lowest BCUT2D eigenvalue weighted by Crippen LogP contribution is -1.55. The topological polar surface area (TPSA) is 31.5 Å². The van der Waals surface area contributed by atoms with E-state index in [1.165, 1.54) is 16.3 Å². The highest BCUT2D eigenvalue weighted by atomic mass is 28.1. The number of hydrogen-bond acceptors (Lipinski definition) is 0. The summed E-state index contributed by atoms with van der Waals surface area (Å²) in [4.78, 5) is 0. The smallest absolute Gasteiger partial charge is 0.00279 e. The van der Waals surface area contributed by atoms with Gasteiger partial charge in [0.1, 0.15) is 0 Å². The third-order valence-corrected chi connectivity index (χ3v) is 1.06. The van der Waals surface area contributed by atoms with Crippen molar-refractivity contribution in [3.05, 3.63) is 6.92 Å². The van der Waals surface area contributed by atoms with Crippen LogP contribution in [0.5, 0.6) is 0 Å². The molecule has 0 aromatic carbocycles. The van der Waals surface area contributed by atoms with Crippen molar-refractivity contribution in [3.8, 4) is 0 Å². The minimum Gasteiger partial charge on any atom is -0.412 e. The molecule has 0 spiro atoms. The average Bonchev–Trinajstić information content (AvgIpc) is 1.37. The van der Waals surface area contributed by atoms with E-state index in [4.69, 9.17) is 0 Å². The monoisotopic (exact) mass is 91.1 g/mol. The lowest BCUT2D eigenvalue weighted by molar-refractivity contribution is 0.824. The van der Waals surface area contributed by atoms with E-state index in [9.17, 15) is 0 Å². The molecule has 0 fully saturated rings. The van der Waals surface area contributed by atoms with E-state index >= 15 is 0 Å². The lowest BCUT2D eigenvalue weighted by atomic mass is 10.6. The van der Waals surface area contributed by atoms with Crippen LogP contribution in [-0.4, -0.2) is 15.7 Å². The summed E-state index contributed by atoms with van der Waals surface area (Å²) in [6, 6.07) is 1.35. The van der Waals surface area contributed by atoms with Crippen molar-refractivity contribution < 1.29 is 5.48 Å². The molecule has 0 saturated carbocycles. The van der Waals surface area contributed by atoms with Gasteiger partial charge in [0.2, 0.25) is 0 Å². The standard InChI is InChI=1S/C3H9Si.H2O/c1-2-3-4;/h1-3H2,4H3;1H2. The first-order valence-electron chi connectivity index (χ1n) is 1.71. The molecule has 0 rings (SSSR count). The fourth-order valence-corrected chi connectivity index (χ4v) is 0. The van der Waals surface area contributed by atoms with E-state index in [1.54, 1.807) is 0 Å². The highest BCUT2D eigenvalue weighted by Crippen LogP contribution is 1.72. The zero-order chi connectivity index (χ0) is 3.41. The van der Waals surface area contributed by atoms with E-state index < -0.39 is 0 Å². The van der Waals surface area contributed by atoms with Gasteiger partial charge in [0.15, 0.2) is 0 Å². The summed E-state index contributed by atoms with van der Waals surface area (Å²) in [5.41, 5.74) is 0. The molecular weight excluding hydrogens is 80.1 g/mol. The van der Waals surface area contributed by atoms with Gasteiger partial charge < -0.3 is 5.48 Å². The van der Waals surface area contributed by atoms with Gasteiger partial charge in [-0.3, -0.25) is 0 Å². The van der Waals surface area contributed by atoms with Crippen LogP contribution in [0.4, 0.5) is 0 Å². The number of rotatable bonds is 1. The maximum absolute atomic E-state index is 3.64. The molecule has 1 nitrogen and oxygen atoms in total.